The van der Waals surface area contributed by atoms with E-state index in [-0.39, 0.29) is 5.56 Å². The predicted octanol–water partition coefficient (Wildman–Crippen LogP) is 1.09. The van der Waals surface area contributed by atoms with Gasteiger partial charge in [-0.25, -0.2) is 4.98 Å². The molecule has 2 aromatic heterocycles. The van der Waals surface area contributed by atoms with Gasteiger partial charge in [0.15, 0.2) is 0 Å². The van der Waals surface area contributed by atoms with E-state index in [1.54, 1.807) is 16.3 Å². The number of nitrogens with zero attached hydrogens (tertiary/aromatic N) is 3. The Balaban J connectivity index is 1.93. The van der Waals surface area contributed by atoms with E-state index in [1.165, 1.54) is 4.90 Å². The SMILES string of the molecule is CSc1ccc(/C=c2/c(=O)[nH]c3nc4c(nn23)CCCC=4)cc1. The Morgan fingerprint density at radius 3 is 2.91 bits per heavy atom. The number of fused-ring (bicyclic) bond motifs is 2. The largest absolute Gasteiger partial charge is 0.289 e. The normalized spacial score (nSPS) is 14.7. The summed E-state index contributed by atoms with van der Waals surface area (Å²) in [6.45, 7) is 0. The van der Waals surface area contributed by atoms with Gasteiger partial charge < -0.3 is 0 Å². The Morgan fingerprint density at radius 2 is 2.13 bits per heavy atom. The lowest BCUT2D eigenvalue weighted by Crippen LogP contribution is -2.30. The molecule has 116 valence electrons. The Labute approximate surface area is 136 Å². The minimum Gasteiger partial charge on any atom is -0.289 e. The molecule has 0 amide bonds. The quantitative estimate of drug-likeness (QED) is 0.717. The first-order chi connectivity index (χ1) is 11.2. The minimum absolute atomic E-state index is 0.165. The Bertz CT molecular complexity index is 1050. The second-order valence-corrected chi connectivity index (χ2v) is 6.41. The number of thioether (sulfide) groups is 1. The van der Waals surface area contributed by atoms with Crippen molar-refractivity contribution in [3.8, 4) is 0 Å². The molecule has 5 nitrogen and oxygen atoms in total. The number of aromatic amines is 1. The highest BCUT2D eigenvalue weighted by Crippen LogP contribution is 2.14. The molecule has 6 heteroatoms. The summed E-state index contributed by atoms with van der Waals surface area (Å²) in [7, 11) is 0. The van der Waals surface area contributed by atoms with Gasteiger partial charge in [0.05, 0.1) is 11.0 Å². The van der Waals surface area contributed by atoms with Crippen molar-refractivity contribution in [1.82, 2.24) is 19.6 Å². The van der Waals surface area contributed by atoms with Gasteiger partial charge in [-0.2, -0.15) is 9.61 Å². The average molecular weight is 324 g/mol. The lowest BCUT2D eigenvalue weighted by molar-refractivity contribution is 0.730. The van der Waals surface area contributed by atoms with E-state index in [1.807, 2.05) is 36.6 Å². The molecule has 1 N–H and O–H groups in total. The van der Waals surface area contributed by atoms with Crippen LogP contribution in [-0.4, -0.2) is 25.8 Å². The summed E-state index contributed by atoms with van der Waals surface area (Å²) in [6, 6.07) is 8.10. The van der Waals surface area contributed by atoms with Gasteiger partial charge in [0, 0.05) is 4.90 Å². The molecule has 0 radical (unpaired) electrons. The van der Waals surface area contributed by atoms with Crippen molar-refractivity contribution in [1.29, 1.82) is 0 Å². The number of benzene rings is 1. The van der Waals surface area contributed by atoms with Crippen molar-refractivity contribution in [2.24, 2.45) is 0 Å². The summed E-state index contributed by atoms with van der Waals surface area (Å²) >= 11 is 1.69. The van der Waals surface area contributed by atoms with E-state index < -0.39 is 0 Å². The Kier molecular flexibility index (Phi) is 3.53. The fraction of sp³-hybridized carbons (Fsp3) is 0.235. The maximum absolute atomic E-state index is 12.3. The van der Waals surface area contributed by atoms with E-state index in [0.29, 0.717) is 11.1 Å². The highest BCUT2D eigenvalue weighted by Gasteiger charge is 2.10. The minimum atomic E-state index is -0.165. The summed E-state index contributed by atoms with van der Waals surface area (Å²) in [5, 5.41) is 6.03. The third-order valence-corrected chi connectivity index (χ3v) is 4.75. The lowest BCUT2D eigenvalue weighted by Gasteiger charge is -2.06. The van der Waals surface area contributed by atoms with Gasteiger partial charge in [-0.1, -0.05) is 18.2 Å². The first kappa shape index (κ1) is 14.3. The van der Waals surface area contributed by atoms with E-state index in [9.17, 15) is 4.79 Å². The van der Waals surface area contributed by atoms with Crippen molar-refractivity contribution in [2.75, 3.05) is 6.26 Å². The molecule has 2 heterocycles. The van der Waals surface area contributed by atoms with E-state index >= 15 is 0 Å². The van der Waals surface area contributed by atoms with E-state index in [0.717, 1.165) is 35.9 Å². The number of aromatic nitrogens is 4. The van der Waals surface area contributed by atoms with Crippen LogP contribution in [0.2, 0.25) is 0 Å². The van der Waals surface area contributed by atoms with Gasteiger partial charge in [-0.15, -0.1) is 11.8 Å². The standard InChI is InChI=1S/C17H16N4OS/c1-23-12-8-6-11(7-9-12)10-15-16(22)19-17-18-13-4-2-3-5-14(13)20-21(15)17/h4,6-10H,2-3,5H2,1H3,(H,18,19,22)/b15-10-. The van der Waals surface area contributed by atoms with Crippen LogP contribution in [0.3, 0.4) is 0 Å². The highest BCUT2D eigenvalue weighted by atomic mass is 32.2. The molecule has 23 heavy (non-hydrogen) atoms. The zero-order chi connectivity index (χ0) is 15.8. The molecule has 1 aromatic carbocycles. The number of hydrogen-bond donors (Lipinski definition) is 1. The van der Waals surface area contributed by atoms with E-state index in [4.69, 9.17) is 0 Å². The first-order valence-corrected chi connectivity index (χ1v) is 8.81. The molecule has 0 fully saturated rings. The maximum Gasteiger partial charge on any atom is 0.276 e. The molecule has 0 atom stereocenters. The predicted molar refractivity (Wildman–Crippen MR) is 92.1 cm³/mol. The van der Waals surface area contributed by atoms with Crippen molar-refractivity contribution in [2.45, 2.75) is 24.2 Å². The summed E-state index contributed by atoms with van der Waals surface area (Å²) < 4.78 is 1.63. The smallest absolute Gasteiger partial charge is 0.276 e. The highest BCUT2D eigenvalue weighted by molar-refractivity contribution is 7.98. The van der Waals surface area contributed by atoms with Gasteiger partial charge in [-0.05, 0) is 49.3 Å². The monoisotopic (exact) mass is 324 g/mol. The molecule has 0 bridgehead atoms. The van der Waals surface area contributed by atoms with Crippen LogP contribution in [0.4, 0.5) is 0 Å². The van der Waals surface area contributed by atoms with Crippen LogP contribution >= 0.6 is 11.8 Å². The molecular weight excluding hydrogens is 308 g/mol. The van der Waals surface area contributed by atoms with Crippen molar-refractivity contribution >= 4 is 29.7 Å². The van der Waals surface area contributed by atoms with Gasteiger partial charge in [0.1, 0.15) is 5.35 Å². The van der Waals surface area contributed by atoms with Crippen molar-refractivity contribution < 1.29 is 0 Å². The van der Waals surface area contributed by atoms with Gasteiger partial charge >= 0.3 is 0 Å². The van der Waals surface area contributed by atoms with Crippen LogP contribution < -0.4 is 16.3 Å². The van der Waals surface area contributed by atoms with Crippen molar-refractivity contribution in [3.63, 3.8) is 0 Å². The molecule has 3 aromatic rings. The fourth-order valence-electron chi connectivity index (χ4n) is 2.79. The average Bonchev–Trinajstić information content (AvgIpc) is 2.88. The van der Waals surface area contributed by atoms with Crippen molar-refractivity contribution in [3.05, 3.63) is 56.6 Å². The molecule has 0 spiro atoms. The number of rotatable bonds is 2. The van der Waals surface area contributed by atoms with Gasteiger partial charge in [0.25, 0.3) is 5.56 Å². The van der Waals surface area contributed by atoms with Crippen LogP contribution in [0.15, 0.2) is 34.0 Å². The lowest BCUT2D eigenvalue weighted by atomic mass is 10.1. The topological polar surface area (TPSA) is 63.0 Å². The second kappa shape index (κ2) is 5.70. The van der Waals surface area contributed by atoms with Gasteiger partial charge in [0.2, 0.25) is 5.78 Å². The maximum atomic E-state index is 12.3. The molecule has 4 rings (SSSR count). The molecule has 1 aliphatic rings. The Morgan fingerprint density at radius 1 is 1.30 bits per heavy atom. The van der Waals surface area contributed by atoms with Gasteiger partial charge in [-0.3, -0.25) is 9.78 Å². The first-order valence-electron chi connectivity index (χ1n) is 7.58. The molecular formula is C17H16N4OS. The van der Waals surface area contributed by atoms with Crippen LogP contribution in [0, 0.1) is 0 Å². The molecule has 0 saturated heterocycles. The Hall–Kier alpha value is -2.34. The zero-order valence-corrected chi connectivity index (χ0v) is 13.6. The fourth-order valence-corrected chi connectivity index (χ4v) is 3.20. The van der Waals surface area contributed by atoms with Crippen LogP contribution in [0.5, 0.6) is 0 Å². The summed E-state index contributed by atoms with van der Waals surface area (Å²) in [4.78, 5) is 20.8. The van der Waals surface area contributed by atoms with Crippen LogP contribution in [-0.2, 0) is 6.42 Å². The molecule has 0 aliphatic heterocycles. The number of nitrogens with one attached hydrogen (secondary N) is 1. The summed E-state index contributed by atoms with van der Waals surface area (Å²) in [5.41, 5.74) is 1.76. The molecule has 0 saturated carbocycles. The number of aryl methyl sites for hydroxylation is 1. The summed E-state index contributed by atoms with van der Waals surface area (Å²) in [6.07, 6.45) is 8.98. The molecule has 1 aliphatic carbocycles. The second-order valence-electron chi connectivity index (χ2n) is 5.53. The third-order valence-electron chi connectivity index (χ3n) is 4.00. The van der Waals surface area contributed by atoms with Crippen LogP contribution in [0.25, 0.3) is 17.9 Å². The molecule has 0 unspecified atom stereocenters. The number of imidazole rings is 1. The van der Waals surface area contributed by atoms with E-state index in [2.05, 4.69) is 21.1 Å². The van der Waals surface area contributed by atoms with Crippen LogP contribution in [0.1, 0.15) is 24.1 Å². The third kappa shape index (κ3) is 2.59. The number of hydrogen-bond acceptors (Lipinski definition) is 4. The zero-order valence-electron chi connectivity index (χ0n) is 12.7. The number of H-pyrrole nitrogens is 1. The summed E-state index contributed by atoms with van der Waals surface area (Å²) in [5.74, 6) is 0.499.